The molecule has 6 nitrogen and oxygen atoms in total. The predicted octanol–water partition coefficient (Wildman–Crippen LogP) is 2.60. The Labute approximate surface area is 174 Å². The lowest BCUT2D eigenvalue weighted by atomic mass is 10.1. The van der Waals surface area contributed by atoms with E-state index in [1.54, 1.807) is 19.2 Å². The third-order valence-electron chi connectivity index (χ3n) is 5.51. The maximum atomic E-state index is 11.6. The molecule has 0 radical (unpaired) electrons. The molecule has 3 rings (SSSR count). The van der Waals surface area contributed by atoms with Gasteiger partial charge in [-0.05, 0) is 48.7 Å². The van der Waals surface area contributed by atoms with E-state index in [1.807, 2.05) is 12.1 Å². The van der Waals surface area contributed by atoms with Crippen molar-refractivity contribution in [2.75, 3.05) is 44.4 Å². The first-order valence-corrected chi connectivity index (χ1v) is 11.7. The average molecular weight is 415 g/mol. The minimum atomic E-state index is -3.16. The highest BCUT2D eigenvalue weighted by atomic mass is 32.2. The van der Waals surface area contributed by atoms with Gasteiger partial charge in [0.2, 0.25) is 0 Å². The molecule has 1 aliphatic rings. The van der Waals surface area contributed by atoms with E-state index in [-0.39, 0.29) is 0 Å². The standard InChI is InChI=1S/C22H30N4O2S/c1-17-6-5-7-21(18(17)2)25-12-14-26(15-13-25)22(23-3)24-16-19-8-10-20(11-9-19)29(4,27)28/h5-11H,12-16H2,1-4H3,(H,23,24). The van der Waals surface area contributed by atoms with Crippen LogP contribution >= 0.6 is 0 Å². The summed E-state index contributed by atoms with van der Waals surface area (Å²) in [6, 6.07) is 13.5. The topological polar surface area (TPSA) is 65.0 Å². The molecule has 1 N–H and O–H groups in total. The second kappa shape index (κ2) is 8.86. The van der Waals surface area contributed by atoms with E-state index in [9.17, 15) is 8.42 Å². The number of nitrogens with one attached hydrogen (secondary N) is 1. The Morgan fingerprint density at radius 3 is 2.28 bits per heavy atom. The Kier molecular flexibility index (Phi) is 6.47. The molecule has 156 valence electrons. The van der Waals surface area contributed by atoms with Crippen molar-refractivity contribution in [2.24, 2.45) is 4.99 Å². The van der Waals surface area contributed by atoms with Crippen LogP contribution in [-0.4, -0.2) is 58.8 Å². The van der Waals surface area contributed by atoms with Gasteiger partial charge in [0.25, 0.3) is 0 Å². The first-order chi connectivity index (χ1) is 13.8. The van der Waals surface area contributed by atoms with Crippen molar-refractivity contribution in [2.45, 2.75) is 25.3 Å². The van der Waals surface area contributed by atoms with Crippen LogP contribution in [0.3, 0.4) is 0 Å². The highest BCUT2D eigenvalue weighted by Gasteiger charge is 2.21. The Bertz CT molecular complexity index is 976. The summed E-state index contributed by atoms with van der Waals surface area (Å²) in [5.41, 5.74) is 5.01. The van der Waals surface area contributed by atoms with Crippen molar-refractivity contribution < 1.29 is 8.42 Å². The number of nitrogens with zero attached hydrogens (tertiary/aromatic N) is 3. The summed E-state index contributed by atoms with van der Waals surface area (Å²) in [4.78, 5) is 9.48. The molecule has 0 saturated carbocycles. The molecule has 2 aromatic carbocycles. The number of sulfone groups is 1. The van der Waals surface area contributed by atoms with Gasteiger partial charge >= 0.3 is 0 Å². The van der Waals surface area contributed by atoms with E-state index in [0.29, 0.717) is 11.4 Å². The lowest BCUT2D eigenvalue weighted by molar-refractivity contribution is 0.372. The monoisotopic (exact) mass is 414 g/mol. The van der Waals surface area contributed by atoms with E-state index in [4.69, 9.17) is 0 Å². The summed E-state index contributed by atoms with van der Waals surface area (Å²) < 4.78 is 23.2. The summed E-state index contributed by atoms with van der Waals surface area (Å²) in [5, 5.41) is 3.40. The zero-order valence-electron chi connectivity index (χ0n) is 17.6. The minimum absolute atomic E-state index is 0.341. The molecule has 1 fully saturated rings. The van der Waals surface area contributed by atoms with Crippen LogP contribution in [0.4, 0.5) is 5.69 Å². The van der Waals surface area contributed by atoms with Crippen molar-refractivity contribution in [1.29, 1.82) is 0 Å². The van der Waals surface area contributed by atoms with E-state index in [0.717, 1.165) is 37.7 Å². The van der Waals surface area contributed by atoms with Crippen LogP contribution in [0.15, 0.2) is 52.4 Å². The Hall–Kier alpha value is -2.54. The molecule has 0 amide bonds. The van der Waals surface area contributed by atoms with E-state index >= 15 is 0 Å². The molecule has 0 aliphatic carbocycles. The lowest BCUT2D eigenvalue weighted by Gasteiger charge is -2.38. The van der Waals surface area contributed by atoms with Crippen molar-refractivity contribution >= 4 is 21.5 Å². The third kappa shape index (κ3) is 5.09. The average Bonchev–Trinajstić information content (AvgIpc) is 2.71. The van der Waals surface area contributed by atoms with E-state index in [2.05, 4.69) is 52.2 Å². The fourth-order valence-electron chi connectivity index (χ4n) is 3.61. The number of benzene rings is 2. The predicted molar refractivity (Wildman–Crippen MR) is 119 cm³/mol. The van der Waals surface area contributed by atoms with Crippen LogP contribution in [0.5, 0.6) is 0 Å². The summed E-state index contributed by atoms with van der Waals surface area (Å²) in [6.45, 7) is 8.66. The van der Waals surface area contributed by atoms with Crippen LogP contribution < -0.4 is 10.2 Å². The Morgan fingerprint density at radius 1 is 1.03 bits per heavy atom. The number of guanidine groups is 1. The molecule has 0 aromatic heterocycles. The molecule has 0 unspecified atom stereocenters. The highest BCUT2D eigenvalue weighted by molar-refractivity contribution is 7.90. The number of rotatable bonds is 4. The number of piperazine rings is 1. The number of aliphatic imine (C=N–C) groups is 1. The maximum absolute atomic E-state index is 11.6. The zero-order chi connectivity index (χ0) is 21.0. The first kappa shape index (κ1) is 21.2. The Morgan fingerprint density at radius 2 is 1.69 bits per heavy atom. The SMILES string of the molecule is CN=C(NCc1ccc(S(C)(=O)=O)cc1)N1CCN(c2cccc(C)c2C)CC1. The smallest absolute Gasteiger partial charge is 0.194 e. The van der Waals surface area contributed by atoms with Crippen molar-refractivity contribution in [3.8, 4) is 0 Å². The normalized spacial score (nSPS) is 15.5. The number of aryl methyl sites for hydroxylation is 1. The summed E-state index contributed by atoms with van der Waals surface area (Å²) in [7, 11) is -1.37. The van der Waals surface area contributed by atoms with Gasteiger partial charge in [0.15, 0.2) is 15.8 Å². The van der Waals surface area contributed by atoms with Gasteiger partial charge < -0.3 is 15.1 Å². The molecule has 0 bridgehead atoms. The van der Waals surface area contributed by atoms with Gasteiger partial charge in [-0.25, -0.2) is 8.42 Å². The van der Waals surface area contributed by atoms with Gasteiger partial charge in [0.1, 0.15) is 0 Å². The molecule has 1 saturated heterocycles. The lowest BCUT2D eigenvalue weighted by Crippen LogP contribution is -2.52. The van der Waals surface area contributed by atoms with Crippen LogP contribution in [0.2, 0.25) is 0 Å². The van der Waals surface area contributed by atoms with Gasteiger partial charge in [-0.1, -0.05) is 24.3 Å². The van der Waals surface area contributed by atoms with Gasteiger partial charge in [-0.3, -0.25) is 4.99 Å². The number of anilines is 1. The maximum Gasteiger partial charge on any atom is 0.194 e. The largest absolute Gasteiger partial charge is 0.368 e. The van der Waals surface area contributed by atoms with E-state index in [1.165, 1.54) is 23.1 Å². The summed E-state index contributed by atoms with van der Waals surface area (Å²) in [5.74, 6) is 0.873. The highest BCUT2D eigenvalue weighted by Crippen LogP contribution is 2.23. The van der Waals surface area contributed by atoms with Crippen LogP contribution in [0.1, 0.15) is 16.7 Å². The molecule has 2 aromatic rings. The zero-order valence-corrected chi connectivity index (χ0v) is 18.5. The summed E-state index contributed by atoms with van der Waals surface area (Å²) >= 11 is 0. The van der Waals surface area contributed by atoms with Gasteiger partial charge in [0, 0.05) is 51.7 Å². The molecule has 29 heavy (non-hydrogen) atoms. The van der Waals surface area contributed by atoms with Crippen molar-refractivity contribution in [3.05, 3.63) is 59.2 Å². The Balaban J connectivity index is 1.57. The first-order valence-electron chi connectivity index (χ1n) is 9.85. The third-order valence-corrected chi connectivity index (χ3v) is 6.64. The van der Waals surface area contributed by atoms with Crippen LogP contribution in [0.25, 0.3) is 0 Å². The number of hydrogen-bond donors (Lipinski definition) is 1. The van der Waals surface area contributed by atoms with Crippen LogP contribution in [-0.2, 0) is 16.4 Å². The fraction of sp³-hybridized carbons (Fsp3) is 0.409. The van der Waals surface area contributed by atoms with Gasteiger partial charge in [0.05, 0.1) is 4.90 Å². The molecule has 7 heteroatoms. The molecular formula is C22H30N4O2S. The van der Waals surface area contributed by atoms with E-state index < -0.39 is 9.84 Å². The minimum Gasteiger partial charge on any atom is -0.368 e. The molecule has 1 heterocycles. The van der Waals surface area contributed by atoms with Crippen LogP contribution in [0, 0.1) is 13.8 Å². The van der Waals surface area contributed by atoms with Gasteiger partial charge in [-0.2, -0.15) is 0 Å². The molecule has 0 atom stereocenters. The van der Waals surface area contributed by atoms with Crippen molar-refractivity contribution in [1.82, 2.24) is 10.2 Å². The second-order valence-electron chi connectivity index (χ2n) is 7.51. The molecule has 0 spiro atoms. The summed E-state index contributed by atoms with van der Waals surface area (Å²) in [6.07, 6.45) is 1.22. The number of hydrogen-bond acceptors (Lipinski definition) is 4. The molecular weight excluding hydrogens is 384 g/mol. The quantitative estimate of drug-likeness (QED) is 0.615. The van der Waals surface area contributed by atoms with Gasteiger partial charge in [-0.15, -0.1) is 0 Å². The fourth-order valence-corrected chi connectivity index (χ4v) is 4.24. The van der Waals surface area contributed by atoms with Crippen molar-refractivity contribution in [3.63, 3.8) is 0 Å². The molecule has 1 aliphatic heterocycles. The second-order valence-corrected chi connectivity index (χ2v) is 9.53.